The minimum Gasteiger partial charge on any atom is -0.544 e. The number of quaternary nitrogens is 1. The van der Waals surface area contributed by atoms with E-state index in [0.29, 0.717) is 12.8 Å². The minimum atomic E-state index is -1.13. The van der Waals surface area contributed by atoms with Crippen molar-refractivity contribution in [2.75, 3.05) is 41.0 Å². The van der Waals surface area contributed by atoms with Crippen LogP contribution in [-0.2, 0) is 28.6 Å². The highest BCUT2D eigenvalue weighted by molar-refractivity contribution is 5.70. The van der Waals surface area contributed by atoms with Gasteiger partial charge in [-0.25, -0.2) is 0 Å². The number of carbonyl (C=O) groups is 3. The number of ether oxygens (including phenoxy) is 3. The van der Waals surface area contributed by atoms with E-state index in [2.05, 4.69) is 86.8 Å². The first kappa shape index (κ1) is 62.8. The molecule has 0 heterocycles. The van der Waals surface area contributed by atoms with Gasteiger partial charge in [-0.15, -0.1) is 0 Å². The van der Waals surface area contributed by atoms with E-state index in [4.69, 9.17) is 14.2 Å². The molecule has 0 saturated heterocycles. The van der Waals surface area contributed by atoms with Crippen molar-refractivity contribution in [1.29, 1.82) is 0 Å². The predicted molar refractivity (Wildman–Crippen MR) is 277 cm³/mol. The average molecular weight is 924 g/mol. The number of carboxylic acids is 1. The molecule has 0 aromatic rings. The summed E-state index contributed by atoms with van der Waals surface area (Å²) in [6, 6.07) is -0.736. The monoisotopic (exact) mass is 924 g/mol. The van der Waals surface area contributed by atoms with Crippen LogP contribution in [0, 0.1) is 0 Å². The molecule has 0 radical (unpaired) electrons. The molecule has 0 amide bonds. The van der Waals surface area contributed by atoms with E-state index in [0.717, 1.165) is 70.6 Å². The van der Waals surface area contributed by atoms with Crippen LogP contribution in [0.5, 0.6) is 0 Å². The van der Waals surface area contributed by atoms with Crippen molar-refractivity contribution in [3.63, 3.8) is 0 Å². The average Bonchev–Trinajstić information content (AvgIpc) is 3.28. The zero-order valence-corrected chi connectivity index (χ0v) is 43.3. The zero-order valence-electron chi connectivity index (χ0n) is 43.3. The highest BCUT2D eigenvalue weighted by Gasteiger charge is 2.25. The number of allylic oxidation sites excluding steroid dienone is 12. The van der Waals surface area contributed by atoms with Gasteiger partial charge >= 0.3 is 11.9 Å². The van der Waals surface area contributed by atoms with Gasteiger partial charge in [-0.2, -0.15) is 0 Å². The lowest BCUT2D eigenvalue weighted by Crippen LogP contribution is -2.55. The number of hydrogen-bond donors (Lipinski definition) is 0. The summed E-state index contributed by atoms with van der Waals surface area (Å²) in [5.74, 6) is -1.78. The lowest BCUT2D eigenvalue weighted by molar-refractivity contribution is -0.889. The van der Waals surface area contributed by atoms with Crippen molar-refractivity contribution in [1.82, 2.24) is 0 Å². The van der Waals surface area contributed by atoms with E-state index >= 15 is 0 Å². The molecule has 0 bridgehead atoms. The molecule has 0 aromatic carbocycles. The van der Waals surface area contributed by atoms with Gasteiger partial charge < -0.3 is 28.6 Å². The van der Waals surface area contributed by atoms with Crippen LogP contribution in [0.2, 0.25) is 0 Å². The summed E-state index contributed by atoms with van der Waals surface area (Å²) in [6.45, 7) is 4.53. The zero-order chi connectivity index (χ0) is 48.4. The van der Waals surface area contributed by atoms with E-state index in [1.807, 2.05) is 0 Å². The molecule has 2 unspecified atom stereocenters. The van der Waals surface area contributed by atoms with Crippen LogP contribution in [0.25, 0.3) is 0 Å². The Hall–Kier alpha value is -3.23. The van der Waals surface area contributed by atoms with E-state index in [9.17, 15) is 19.5 Å². The second kappa shape index (κ2) is 48.2. The van der Waals surface area contributed by atoms with Gasteiger partial charge in [0, 0.05) is 19.3 Å². The first-order chi connectivity index (χ1) is 32.1. The lowest BCUT2D eigenvalue weighted by atomic mass is 10.0. The molecule has 0 fully saturated rings. The summed E-state index contributed by atoms with van der Waals surface area (Å²) in [6.07, 6.45) is 62.3. The highest BCUT2D eigenvalue weighted by atomic mass is 16.6. The van der Waals surface area contributed by atoms with E-state index in [1.54, 1.807) is 21.1 Å². The van der Waals surface area contributed by atoms with Crippen LogP contribution >= 0.6 is 0 Å². The molecule has 0 aliphatic heterocycles. The summed E-state index contributed by atoms with van der Waals surface area (Å²) in [4.78, 5) is 37.1. The Kier molecular flexibility index (Phi) is 45.9. The minimum absolute atomic E-state index is 0.0246. The second-order valence-electron chi connectivity index (χ2n) is 19.1. The molecule has 0 N–H and O–H groups in total. The number of nitrogens with zero attached hydrogens (tertiary/aromatic N) is 1. The fourth-order valence-corrected chi connectivity index (χ4v) is 7.68. The van der Waals surface area contributed by atoms with Gasteiger partial charge in [0.15, 0.2) is 6.10 Å². The molecule has 66 heavy (non-hydrogen) atoms. The van der Waals surface area contributed by atoms with Gasteiger partial charge in [0.25, 0.3) is 0 Å². The molecule has 8 heteroatoms. The Bertz CT molecular complexity index is 1310. The van der Waals surface area contributed by atoms with Crippen molar-refractivity contribution in [2.45, 2.75) is 238 Å². The molecular formula is C58H101NO7. The number of carbonyl (C=O) groups excluding carboxylic acids is 3. The molecule has 0 aliphatic rings. The molecule has 8 nitrogen and oxygen atoms in total. The van der Waals surface area contributed by atoms with Crippen molar-refractivity contribution in [3.8, 4) is 0 Å². The standard InChI is InChI=1S/C58H101NO7/c1-6-8-10-12-14-16-18-20-22-24-26-27-28-29-31-32-34-36-38-40-42-44-46-48-56(60)65-53-54(52-64-51-50-55(58(62)63)59(3,4)5)66-57(61)49-47-45-43-41-39-37-35-33-30-25-23-21-19-17-15-13-11-9-7-2/h9,11,15,17,21,23-24,26,30,33,37,39,54-55H,6-8,10,12-14,16,18-20,22,25,27-29,31-32,34-36,38,40-53H2,1-5H3/b11-9-,17-15-,23-21-,26-24-,33-30-,39-37-. The fraction of sp³-hybridized carbons (Fsp3) is 0.741. The maximum absolute atomic E-state index is 12.8. The largest absolute Gasteiger partial charge is 0.544 e. The van der Waals surface area contributed by atoms with Gasteiger partial charge in [-0.3, -0.25) is 9.59 Å². The number of unbranched alkanes of at least 4 members (excludes halogenated alkanes) is 22. The molecule has 0 aliphatic carbocycles. The number of aliphatic carboxylic acids is 1. The van der Waals surface area contributed by atoms with Crippen LogP contribution in [0.1, 0.15) is 226 Å². The predicted octanol–water partition coefficient (Wildman–Crippen LogP) is 14.5. The molecule has 0 spiro atoms. The quantitative estimate of drug-likeness (QED) is 0.0259. The number of carboxylic acid groups (broad SMARTS) is 1. The van der Waals surface area contributed by atoms with Crippen LogP contribution in [-0.4, -0.2) is 75.5 Å². The highest BCUT2D eigenvalue weighted by Crippen LogP contribution is 2.15. The third-order valence-corrected chi connectivity index (χ3v) is 11.8. The number of esters is 2. The lowest BCUT2D eigenvalue weighted by Gasteiger charge is -2.34. The summed E-state index contributed by atoms with van der Waals surface area (Å²) in [5.41, 5.74) is 0. The summed E-state index contributed by atoms with van der Waals surface area (Å²) in [7, 11) is 5.40. The van der Waals surface area contributed by atoms with Gasteiger partial charge in [0.05, 0.1) is 40.3 Å². The van der Waals surface area contributed by atoms with Crippen molar-refractivity contribution >= 4 is 17.9 Å². The first-order valence-electron chi connectivity index (χ1n) is 27.0. The first-order valence-corrected chi connectivity index (χ1v) is 27.0. The van der Waals surface area contributed by atoms with Gasteiger partial charge in [0.2, 0.25) is 0 Å². The Labute approximate surface area is 406 Å². The number of likely N-dealkylation sites (N-methyl/N-ethyl adjacent to an activating group) is 1. The Balaban J connectivity index is 4.25. The summed E-state index contributed by atoms with van der Waals surface area (Å²) < 4.78 is 17.2. The van der Waals surface area contributed by atoms with Crippen molar-refractivity contribution in [2.24, 2.45) is 0 Å². The van der Waals surface area contributed by atoms with Crippen LogP contribution in [0.3, 0.4) is 0 Å². The van der Waals surface area contributed by atoms with Crippen LogP contribution in [0.4, 0.5) is 0 Å². The van der Waals surface area contributed by atoms with E-state index in [-0.39, 0.29) is 49.1 Å². The summed E-state index contributed by atoms with van der Waals surface area (Å²) in [5, 5.41) is 11.7. The third-order valence-electron chi connectivity index (χ3n) is 11.8. The molecule has 2 atom stereocenters. The Morgan fingerprint density at radius 3 is 1.29 bits per heavy atom. The van der Waals surface area contributed by atoms with Crippen LogP contribution < -0.4 is 5.11 Å². The van der Waals surface area contributed by atoms with Crippen molar-refractivity contribution in [3.05, 3.63) is 72.9 Å². The fourth-order valence-electron chi connectivity index (χ4n) is 7.68. The van der Waals surface area contributed by atoms with Crippen LogP contribution in [0.15, 0.2) is 72.9 Å². The third kappa shape index (κ3) is 45.9. The van der Waals surface area contributed by atoms with Gasteiger partial charge in [-0.1, -0.05) is 196 Å². The molecule has 380 valence electrons. The molecular weight excluding hydrogens is 823 g/mol. The maximum Gasteiger partial charge on any atom is 0.306 e. The topological polar surface area (TPSA) is 102 Å². The number of rotatable bonds is 48. The van der Waals surface area contributed by atoms with Crippen molar-refractivity contribution < 1.29 is 38.2 Å². The Morgan fingerprint density at radius 1 is 0.470 bits per heavy atom. The van der Waals surface area contributed by atoms with Gasteiger partial charge in [0.1, 0.15) is 12.6 Å². The smallest absolute Gasteiger partial charge is 0.306 e. The second-order valence-corrected chi connectivity index (χ2v) is 19.1. The van der Waals surface area contributed by atoms with E-state index in [1.165, 1.54) is 116 Å². The normalized spacial score (nSPS) is 13.4. The molecule has 0 aromatic heterocycles. The molecule has 0 saturated carbocycles. The Morgan fingerprint density at radius 2 is 0.848 bits per heavy atom. The maximum atomic E-state index is 12.8. The van der Waals surface area contributed by atoms with Gasteiger partial charge in [-0.05, 0) is 83.5 Å². The SMILES string of the molecule is CC/C=C\C/C=C\C/C=C\C/C=C\C/C=C\CCCCCC(=O)OC(COCCC(C(=O)[O-])[N+](C)(C)C)COC(=O)CCCCCCCCCCCCC/C=C\CCCCCCCCCC. The molecule has 0 rings (SSSR count). The number of hydrogen-bond acceptors (Lipinski definition) is 7. The summed E-state index contributed by atoms with van der Waals surface area (Å²) >= 11 is 0. The van der Waals surface area contributed by atoms with E-state index < -0.39 is 18.1 Å².